The highest BCUT2D eigenvalue weighted by atomic mass is 16.4. The third kappa shape index (κ3) is 2.97. The number of aliphatic carboxylic acids is 1. The van der Waals surface area contributed by atoms with Gasteiger partial charge in [-0.3, -0.25) is 4.79 Å². The fourth-order valence-electron chi connectivity index (χ4n) is 3.26. The van der Waals surface area contributed by atoms with E-state index in [-0.39, 0.29) is 11.3 Å². The third-order valence-electron chi connectivity index (χ3n) is 3.71. The fraction of sp³-hybridized carbons (Fsp3) is 0.923. The molecular formula is C13H24O3. The topological polar surface area (TPSA) is 57.5 Å². The first-order valence-corrected chi connectivity index (χ1v) is 6.11. The highest BCUT2D eigenvalue weighted by molar-refractivity contribution is 5.71. The number of carboxylic acid groups (broad SMARTS) is 1. The molecule has 0 spiro atoms. The predicted molar refractivity (Wildman–Crippen MR) is 63.2 cm³/mol. The lowest BCUT2D eigenvalue weighted by Crippen LogP contribution is -2.46. The zero-order valence-electron chi connectivity index (χ0n) is 10.8. The summed E-state index contributed by atoms with van der Waals surface area (Å²) in [6.07, 6.45) is 2.56. The lowest BCUT2D eigenvalue weighted by molar-refractivity contribution is -0.154. The van der Waals surface area contributed by atoms with Crippen LogP contribution in [0.3, 0.4) is 0 Å². The predicted octanol–water partition coefficient (Wildman–Crippen LogP) is 2.67. The Labute approximate surface area is 97.9 Å². The van der Waals surface area contributed by atoms with Crippen LogP contribution in [0.15, 0.2) is 0 Å². The first-order valence-electron chi connectivity index (χ1n) is 6.11. The van der Waals surface area contributed by atoms with Crippen LogP contribution in [0.1, 0.15) is 53.4 Å². The van der Waals surface area contributed by atoms with E-state index in [0.717, 1.165) is 6.42 Å². The van der Waals surface area contributed by atoms with E-state index in [1.165, 1.54) is 0 Å². The van der Waals surface area contributed by atoms with Crippen molar-refractivity contribution in [2.45, 2.75) is 59.0 Å². The summed E-state index contributed by atoms with van der Waals surface area (Å²) in [7, 11) is 0. The third-order valence-corrected chi connectivity index (χ3v) is 3.71. The molecule has 0 bridgehead atoms. The summed E-state index contributed by atoms with van der Waals surface area (Å²) < 4.78 is 0. The van der Waals surface area contributed by atoms with Crippen molar-refractivity contribution in [1.29, 1.82) is 0 Å². The number of hydrogen-bond acceptors (Lipinski definition) is 2. The van der Waals surface area contributed by atoms with E-state index in [1.807, 2.05) is 13.8 Å². The summed E-state index contributed by atoms with van der Waals surface area (Å²) >= 11 is 0. The maximum Gasteiger partial charge on any atom is 0.307 e. The quantitative estimate of drug-likeness (QED) is 0.780. The van der Waals surface area contributed by atoms with Crippen LogP contribution in [-0.4, -0.2) is 21.8 Å². The molecule has 1 aliphatic carbocycles. The average Bonchev–Trinajstić information content (AvgIpc) is 1.97. The maximum atomic E-state index is 11.1. The van der Waals surface area contributed by atoms with Gasteiger partial charge in [-0.05, 0) is 37.0 Å². The Hall–Kier alpha value is -0.570. The van der Waals surface area contributed by atoms with Gasteiger partial charge in [-0.15, -0.1) is 0 Å². The second kappa shape index (κ2) is 4.36. The monoisotopic (exact) mass is 228 g/mol. The van der Waals surface area contributed by atoms with Crippen LogP contribution in [-0.2, 0) is 4.79 Å². The maximum absolute atomic E-state index is 11.1. The van der Waals surface area contributed by atoms with Crippen LogP contribution in [0.25, 0.3) is 0 Å². The summed E-state index contributed by atoms with van der Waals surface area (Å²) in [6, 6.07) is 0. The molecule has 0 radical (unpaired) electrons. The van der Waals surface area contributed by atoms with Crippen LogP contribution >= 0.6 is 0 Å². The summed E-state index contributed by atoms with van der Waals surface area (Å²) in [4.78, 5) is 11.1. The summed E-state index contributed by atoms with van der Waals surface area (Å²) in [5.74, 6) is -0.598. The standard InChI is InChI=1S/C13H24O3/c1-9(2)7-13(16)6-5-10(11(14)15)12(3,4)8-13/h9-10,16H,5-8H2,1-4H3,(H,14,15)/t10-,13+/m1/s1. The highest BCUT2D eigenvalue weighted by Gasteiger charge is 2.47. The average molecular weight is 228 g/mol. The van der Waals surface area contributed by atoms with Gasteiger partial charge in [0.1, 0.15) is 0 Å². The molecule has 3 heteroatoms. The summed E-state index contributed by atoms with van der Waals surface area (Å²) in [5.41, 5.74) is -0.975. The van der Waals surface area contributed by atoms with Crippen LogP contribution in [0.2, 0.25) is 0 Å². The SMILES string of the molecule is CC(C)C[C@@]1(O)CC[C@H](C(=O)O)C(C)(C)C1. The van der Waals surface area contributed by atoms with Crippen molar-refractivity contribution < 1.29 is 15.0 Å². The minimum absolute atomic E-state index is 0.312. The molecule has 1 fully saturated rings. The van der Waals surface area contributed by atoms with Crippen molar-refractivity contribution in [3.05, 3.63) is 0 Å². The zero-order valence-corrected chi connectivity index (χ0v) is 10.8. The highest BCUT2D eigenvalue weighted by Crippen LogP contribution is 2.47. The van der Waals surface area contributed by atoms with Crippen LogP contribution in [0, 0.1) is 17.3 Å². The van der Waals surface area contributed by atoms with Crippen molar-refractivity contribution in [2.24, 2.45) is 17.3 Å². The first-order chi connectivity index (χ1) is 7.16. The van der Waals surface area contributed by atoms with Gasteiger partial charge in [-0.1, -0.05) is 27.7 Å². The summed E-state index contributed by atoms with van der Waals surface area (Å²) in [5, 5.41) is 19.6. The minimum Gasteiger partial charge on any atom is -0.481 e. The Bertz CT molecular complexity index is 270. The molecule has 0 aromatic rings. The van der Waals surface area contributed by atoms with E-state index >= 15 is 0 Å². The Morgan fingerprint density at radius 1 is 1.44 bits per heavy atom. The molecule has 1 rings (SSSR count). The molecule has 1 saturated carbocycles. The van der Waals surface area contributed by atoms with Crippen LogP contribution in [0.4, 0.5) is 0 Å². The van der Waals surface area contributed by atoms with Gasteiger partial charge in [0.25, 0.3) is 0 Å². The molecule has 0 amide bonds. The molecule has 2 atom stereocenters. The Morgan fingerprint density at radius 2 is 2.00 bits per heavy atom. The molecule has 16 heavy (non-hydrogen) atoms. The molecular weight excluding hydrogens is 204 g/mol. The zero-order chi connectivity index (χ0) is 12.6. The number of carboxylic acids is 1. The Morgan fingerprint density at radius 3 is 2.38 bits per heavy atom. The molecule has 0 aliphatic heterocycles. The van der Waals surface area contributed by atoms with Crippen molar-refractivity contribution in [2.75, 3.05) is 0 Å². The molecule has 94 valence electrons. The molecule has 2 N–H and O–H groups in total. The van der Waals surface area contributed by atoms with Gasteiger partial charge in [-0.2, -0.15) is 0 Å². The molecule has 0 heterocycles. The van der Waals surface area contributed by atoms with Crippen molar-refractivity contribution >= 4 is 5.97 Å². The lowest BCUT2D eigenvalue weighted by atomic mass is 9.62. The van der Waals surface area contributed by atoms with Crippen molar-refractivity contribution in [3.8, 4) is 0 Å². The van der Waals surface area contributed by atoms with E-state index in [0.29, 0.717) is 25.2 Å². The molecule has 3 nitrogen and oxygen atoms in total. The van der Waals surface area contributed by atoms with Gasteiger partial charge in [-0.25, -0.2) is 0 Å². The second-order valence-electron chi connectivity index (χ2n) is 6.42. The van der Waals surface area contributed by atoms with E-state index < -0.39 is 11.6 Å². The number of rotatable bonds is 3. The number of aliphatic hydroxyl groups is 1. The number of hydrogen-bond donors (Lipinski definition) is 2. The van der Waals surface area contributed by atoms with E-state index in [1.54, 1.807) is 0 Å². The van der Waals surface area contributed by atoms with Gasteiger partial charge < -0.3 is 10.2 Å². The minimum atomic E-state index is -0.725. The molecule has 0 aromatic carbocycles. The molecule has 0 aromatic heterocycles. The normalized spacial score (nSPS) is 34.0. The van der Waals surface area contributed by atoms with Crippen LogP contribution < -0.4 is 0 Å². The Balaban J connectivity index is 2.77. The lowest BCUT2D eigenvalue weighted by Gasteiger charge is -2.45. The Kier molecular flexibility index (Phi) is 3.68. The molecule has 0 unspecified atom stereocenters. The largest absolute Gasteiger partial charge is 0.481 e. The molecule has 1 aliphatic rings. The van der Waals surface area contributed by atoms with Gasteiger partial charge in [0.05, 0.1) is 11.5 Å². The van der Waals surface area contributed by atoms with Gasteiger partial charge in [0.15, 0.2) is 0 Å². The summed E-state index contributed by atoms with van der Waals surface area (Å²) in [6.45, 7) is 8.09. The molecule has 0 saturated heterocycles. The van der Waals surface area contributed by atoms with Crippen molar-refractivity contribution in [3.63, 3.8) is 0 Å². The fourth-order valence-corrected chi connectivity index (χ4v) is 3.26. The van der Waals surface area contributed by atoms with E-state index in [4.69, 9.17) is 5.11 Å². The van der Waals surface area contributed by atoms with Gasteiger partial charge in [0.2, 0.25) is 0 Å². The van der Waals surface area contributed by atoms with E-state index in [9.17, 15) is 9.90 Å². The first kappa shape index (κ1) is 13.5. The van der Waals surface area contributed by atoms with Crippen molar-refractivity contribution in [1.82, 2.24) is 0 Å². The van der Waals surface area contributed by atoms with E-state index in [2.05, 4.69) is 13.8 Å². The van der Waals surface area contributed by atoms with Gasteiger partial charge >= 0.3 is 5.97 Å². The smallest absolute Gasteiger partial charge is 0.307 e. The second-order valence-corrected chi connectivity index (χ2v) is 6.42. The van der Waals surface area contributed by atoms with Crippen LogP contribution in [0.5, 0.6) is 0 Å². The number of carbonyl (C=O) groups is 1. The van der Waals surface area contributed by atoms with Gasteiger partial charge in [0, 0.05) is 0 Å².